The van der Waals surface area contributed by atoms with Gasteiger partial charge in [0, 0.05) is 17.8 Å². The van der Waals surface area contributed by atoms with Crippen LogP contribution in [0.5, 0.6) is 0 Å². The number of amides is 1. The van der Waals surface area contributed by atoms with Crippen LogP contribution in [0.25, 0.3) is 0 Å². The number of carbonyl (C=O) groups excluding carboxylic acids is 1. The first-order chi connectivity index (χ1) is 9.98. The third-order valence-electron chi connectivity index (χ3n) is 2.78. The highest BCUT2D eigenvalue weighted by Crippen LogP contribution is 2.12. The van der Waals surface area contributed by atoms with E-state index in [2.05, 4.69) is 15.4 Å². The molecule has 1 amide bonds. The average molecular weight is 313 g/mol. The van der Waals surface area contributed by atoms with Gasteiger partial charge in [-0.15, -0.1) is 0 Å². The van der Waals surface area contributed by atoms with Gasteiger partial charge in [0.05, 0.1) is 5.75 Å². The highest BCUT2D eigenvalue weighted by molar-refractivity contribution is 7.92. The van der Waals surface area contributed by atoms with Gasteiger partial charge in [-0.25, -0.2) is 8.42 Å². The molecule has 1 rings (SSSR count). The number of nitrogens with one attached hydrogen (secondary N) is 3. The molecule has 0 spiro atoms. The fourth-order valence-electron chi connectivity index (χ4n) is 1.76. The van der Waals surface area contributed by atoms with Gasteiger partial charge in [-0.1, -0.05) is 6.92 Å². The number of hydrogen-bond donors (Lipinski definition) is 3. The molecule has 0 bridgehead atoms. The van der Waals surface area contributed by atoms with Crippen LogP contribution in [0.3, 0.4) is 0 Å². The van der Waals surface area contributed by atoms with Gasteiger partial charge in [0.2, 0.25) is 10.0 Å². The molecule has 0 saturated carbocycles. The molecule has 0 aliphatic heterocycles. The summed E-state index contributed by atoms with van der Waals surface area (Å²) in [6.45, 7) is 3.25. The Morgan fingerprint density at radius 3 is 2.38 bits per heavy atom. The molecule has 3 N–H and O–H groups in total. The fraction of sp³-hybridized carbons (Fsp3) is 0.500. The van der Waals surface area contributed by atoms with Crippen molar-refractivity contribution >= 4 is 21.6 Å². The molecule has 0 saturated heterocycles. The van der Waals surface area contributed by atoms with Gasteiger partial charge in [0.1, 0.15) is 0 Å². The second kappa shape index (κ2) is 8.63. The third-order valence-corrected chi connectivity index (χ3v) is 4.27. The standard InChI is InChI=1S/C14H23N3O3S/c1-3-11-21(19,20)17-13-7-5-12(6-8-13)14(18)16-10-4-9-15-2/h5-8,15,17H,3-4,9-11H2,1-2H3,(H,16,18). The van der Waals surface area contributed by atoms with Gasteiger partial charge < -0.3 is 10.6 Å². The number of benzene rings is 1. The summed E-state index contributed by atoms with van der Waals surface area (Å²) in [6.07, 6.45) is 1.42. The predicted molar refractivity (Wildman–Crippen MR) is 85.0 cm³/mol. The van der Waals surface area contributed by atoms with Crippen molar-refractivity contribution in [2.24, 2.45) is 0 Å². The Morgan fingerprint density at radius 2 is 1.81 bits per heavy atom. The molecular weight excluding hydrogens is 290 g/mol. The smallest absolute Gasteiger partial charge is 0.251 e. The Morgan fingerprint density at radius 1 is 1.14 bits per heavy atom. The third kappa shape index (κ3) is 6.59. The normalized spacial score (nSPS) is 11.1. The molecule has 0 radical (unpaired) electrons. The van der Waals surface area contributed by atoms with E-state index in [4.69, 9.17) is 0 Å². The van der Waals surface area contributed by atoms with Crippen molar-refractivity contribution in [1.29, 1.82) is 0 Å². The number of anilines is 1. The lowest BCUT2D eigenvalue weighted by Crippen LogP contribution is -2.26. The minimum atomic E-state index is -3.30. The molecule has 0 heterocycles. The van der Waals surface area contributed by atoms with Crippen LogP contribution in [0, 0.1) is 0 Å². The molecule has 118 valence electrons. The first-order valence-corrected chi connectivity index (χ1v) is 8.67. The lowest BCUT2D eigenvalue weighted by Gasteiger charge is -2.08. The van der Waals surface area contributed by atoms with E-state index in [9.17, 15) is 13.2 Å². The topological polar surface area (TPSA) is 87.3 Å². The maximum Gasteiger partial charge on any atom is 0.251 e. The van der Waals surface area contributed by atoms with Gasteiger partial charge in [0.15, 0.2) is 0 Å². The Kier molecular flexibility index (Phi) is 7.18. The van der Waals surface area contributed by atoms with Crippen LogP contribution in [-0.2, 0) is 10.0 Å². The van der Waals surface area contributed by atoms with Crippen molar-refractivity contribution < 1.29 is 13.2 Å². The summed E-state index contributed by atoms with van der Waals surface area (Å²) in [5.74, 6) is -0.0742. The van der Waals surface area contributed by atoms with Crippen LogP contribution in [-0.4, -0.2) is 40.2 Å². The Labute approximate surface area is 126 Å². The summed E-state index contributed by atoms with van der Waals surface area (Å²) in [6, 6.07) is 6.40. The highest BCUT2D eigenvalue weighted by atomic mass is 32.2. The van der Waals surface area contributed by atoms with E-state index in [1.165, 1.54) is 0 Å². The van der Waals surface area contributed by atoms with Gasteiger partial charge in [-0.05, 0) is 50.7 Å². The average Bonchev–Trinajstić information content (AvgIpc) is 2.43. The second-order valence-electron chi connectivity index (χ2n) is 4.71. The summed E-state index contributed by atoms with van der Waals surface area (Å²) in [5, 5.41) is 5.81. The van der Waals surface area contributed by atoms with E-state index in [1.807, 2.05) is 7.05 Å². The molecule has 1 aromatic rings. The number of sulfonamides is 1. The molecule has 0 aromatic heterocycles. The monoisotopic (exact) mass is 313 g/mol. The zero-order valence-corrected chi connectivity index (χ0v) is 13.3. The zero-order valence-electron chi connectivity index (χ0n) is 12.5. The van der Waals surface area contributed by atoms with Crippen molar-refractivity contribution in [2.75, 3.05) is 30.6 Å². The molecule has 21 heavy (non-hydrogen) atoms. The molecule has 7 heteroatoms. The van der Waals surface area contributed by atoms with E-state index < -0.39 is 10.0 Å². The summed E-state index contributed by atoms with van der Waals surface area (Å²) < 4.78 is 25.7. The van der Waals surface area contributed by atoms with Crippen LogP contribution in [0.15, 0.2) is 24.3 Å². The molecule has 1 aromatic carbocycles. The molecular formula is C14H23N3O3S. The van der Waals surface area contributed by atoms with Crippen LogP contribution in [0.2, 0.25) is 0 Å². The van der Waals surface area contributed by atoms with Crippen molar-refractivity contribution in [3.63, 3.8) is 0 Å². The maximum absolute atomic E-state index is 11.8. The first kappa shape index (κ1) is 17.5. The highest BCUT2D eigenvalue weighted by Gasteiger charge is 2.09. The minimum Gasteiger partial charge on any atom is -0.352 e. The largest absolute Gasteiger partial charge is 0.352 e. The lowest BCUT2D eigenvalue weighted by molar-refractivity contribution is 0.0953. The van der Waals surface area contributed by atoms with Crippen LogP contribution < -0.4 is 15.4 Å². The van der Waals surface area contributed by atoms with Gasteiger partial charge in [0.25, 0.3) is 5.91 Å². The number of rotatable bonds is 9. The molecule has 0 fully saturated rings. The molecule has 0 atom stereocenters. The zero-order chi connectivity index (χ0) is 15.7. The van der Waals surface area contributed by atoms with Crippen LogP contribution in [0.1, 0.15) is 30.1 Å². The van der Waals surface area contributed by atoms with Crippen LogP contribution in [0.4, 0.5) is 5.69 Å². The van der Waals surface area contributed by atoms with E-state index in [0.29, 0.717) is 24.2 Å². The molecule has 0 unspecified atom stereocenters. The molecule has 0 aliphatic carbocycles. The van der Waals surface area contributed by atoms with Gasteiger partial charge in [-0.2, -0.15) is 0 Å². The number of carbonyl (C=O) groups is 1. The van der Waals surface area contributed by atoms with E-state index in [0.717, 1.165) is 13.0 Å². The summed E-state index contributed by atoms with van der Waals surface area (Å²) >= 11 is 0. The number of hydrogen-bond acceptors (Lipinski definition) is 4. The van der Waals surface area contributed by atoms with Crippen LogP contribution >= 0.6 is 0 Å². The fourth-order valence-corrected chi connectivity index (χ4v) is 2.89. The van der Waals surface area contributed by atoms with E-state index in [-0.39, 0.29) is 11.7 Å². The summed E-state index contributed by atoms with van der Waals surface area (Å²) in [7, 11) is -1.43. The van der Waals surface area contributed by atoms with Crippen molar-refractivity contribution in [3.8, 4) is 0 Å². The maximum atomic E-state index is 11.8. The second-order valence-corrected chi connectivity index (χ2v) is 6.55. The Bertz CT molecular complexity index is 541. The van der Waals surface area contributed by atoms with Crippen molar-refractivity contribution in [3.05, 3.63) is 29.8 Å². The predicted octanol–water partition coefficient (Wildman–Crippen LogP) is 1.18. The van der Waals surface area contributed by atoms with Crippen molar-refractivity contribution in [2.45, 2.75) is 19.8 Å². The SMILES string of the molecule is CCCS(=O)(=O)Nc1ccc(C(=O)NCCCNC)cc1. The Balaban J connectivity index is 2.55. The van der Waals surface area contributed by atoms with Gasteiger partial charge in [-0.3, -0.25) is 9.52 Å². The first-order valence-electron chi connectivity index (χ1n) is 7.02. The van der Waals surface area contributed by atoms with E-state index >= 15 is 0 Å². The molecule has 6 nitrogen and oxygen atoms in total. The quantitative estimate of drug-likeness (QED) is 0.597. The van der Waals surface area contributed by atoms with Crippen molar-refractivity contribution in [1.82, 2.24) is 10.6 Å². The summed E-state index contributed by atoms with van der Waals surface area (Å²) in [5.41, 5.74) is 0.980. The van der Waals surface area contributed by atoms with Gasteiger partial charge >= 0.3 is 0 Å². The summed E-state index contributed by atoms with van der Waals surface area (Å²) in [4.78, 5) is 11.8. The lowest BCUT2D eigenvalue weighted by atomic mass is 10.2. The minimum absolute atomic E-state index is 0.0840. The Hall–Kier alpha value is -1.60. The molecule has 0 aliphatic rings. The van der Waals surface area contributed by atoms with E-state index in [1.54, 1.807) is 31.2 Å².